The molecule has 0 amide bonds. The fourth-order valence-corrected chi connectivity index (χ4v) is 8.08. The van der Waals surface area contributed by atoms with E-state index in [0.717, 1.165) is 25.1 Å². The van der Waals surface area contributed by atoms with Gasteiger partial charge in [0.25, 0.3) is 50.6 Å². The summed E-state index contributed by atoms with van der Waals surface area (Å²) in [5.74, 6) is -1.36. The smallest absolute Gasteiger partial charge is 0.295 e. The zero-order valence-corrected chi connectivity index (χ0v) is 37.9. The molecule has 5 aromatic carbocycles. The van der Waals surface area contributed by atoms with Gasteiger partial charge in [0, 0.05) is 17.1 Å². The number of ether oxygens (including phenoxy) is 1. The summed E-state index contributed by atoms with van der Waals surface area (Å²) < 4.78 is 170. The Morgan fingerprint density at radius 2 is 1.09 bits per heavy atom. The summed E-state index contributed by atoms with van der Waals surface area (Å²) in [5, 5.41) is 22.9. The van der Waals surface area contributed by atoms with Gasteiger partial charge in [-0.15, -0.1) is 0 Å². The molecule has 26 nitrogen and oxygen atoms in total. The van der Waals surface area contributed by atoms with E-state index >= 15 is 0 Å². The molecule has 354 valence electrons. The van der Waals surface area contributed by atoms with Gasteiger partial charge >= 0.3 is 0 Å². The van der Waals surface area contributed by atoms with E-state index in [1.165, 1.54) is 72.8 Å². The minimum Gasteiger partial charge on any atom is -0.491 e. The molecule has 0 radical (unpaired) electrons. The molecule has 8 N–H and O–H groups in total. The lowest BCUT2D eigenvalue weighted by Crippen LogP contribution is -2.27. The van der Waals surface area contributed by atoms with Crippen molar-refractivity contribution in [1.29, 1.82) is 0 Å². The van der Waals surface area contributed by atoms with Gasteiger partial charge in [-0.1, -0.05) is 6.07 Å². The van der Waals surface area contributed by atoms with Crippen molar-refractivity contribution in [2.75, 3.05) is 28.3 Å². The van der Waals surface area contributed by atoms with Crippen LogP contribution in [0, 0.1) is 0 Å². The van der Waals surface area contributed by atoms with E-state index in [9.17, 15) is 64.9 Å². The van der Waals surface area contributed by atoms with E-state index in [-0.39, 0.29) is 80.7 Å². The SMILES string of the molecule is CC(Nc1nc(Nc2ccc(/N=N\c3ccc4cc(S(=O)(=O)O)cc(S(=O)(=O)O)c4c3)cc2)nc(Nc2ccc(/N=N\c3ccc(S(=O)(=O)O)cc3)cc2OCCCS(=O)(=O)O)n1)S(=O)(=O)O. The van der Waals surface area contributed by atoms with Crippen LogP contribution < -0.4 is 20.7 Å². The molecule has 0 bridgehead atoms. The van der Waals surface area contributed by atoms with E-state index in [4.69, 9.17) is 4.74 Å². The first-order valence-corrected chi connectivity index (χ1v) is 25.9. The number of rotatable bonds is 19. The maximum Gasteiger partial charge on any atom is 0.295 e. The summed E-state index contributed by atoms with van der Waals surface area (Å²) in [7, 11) is -23.2. The molecular weight excluding hydrogens is 989 g/mol. The summed E-state index contributed by atoms with van der Waals surface area (Å²) in [6.07, 6.45) is -0.143. The number of benzene rings is 5. The number of nitrogens with one attached hydrogen (secondary N) is 3. The fraction of sp³-hybridized carbons (Fsp3) is 0.139. The minimum atomic E-state index is -4.96. The Labute approximate surface area is 381 Å². The summed E-state index contributed by atoms with van der Waals surface area (Å²) >= 11 is 0. The monoisotopic (exact) mass is 1020 g/mol. The predicted octanol–water partition coefficient (Wildman–Crippen LogP) is 6.39. The first-order chi connectivity index (χ1) is 31.2. The largest absolute Gasteiger partial charge is 0.491 e. The Bertz CT molecular complexity index is 3490. The number of hydrogen-bond acceptors (Lipinski definition) is 21. The molecule has 0 aliphatic heterocycles. The minimum absolute atomic E-state index is 0.0304. The van der Waals surface area contributed by atoms with Gasteiger partial charge in [0.1, 0.15) is 10.6 Å². The average molecular weight is 1020 g/mol. The second-order valence-electron chi connectivity index (χ2n) is 13.7. The van der Waals surface area contributed by atoms with E-state index in [0.29, 0.717) is 11.8 Å². The lowest BCUT2D eigenvalue weighted by Gasteiger charge is -2.16. The van der Waals surface area contributed by atoms with Crippen LogP contribution in [0.2, 0.25) is 0 Å². The second-order valence-corrected chi connectivity index (χ2v) is 21.3. The maximum absolute atomic E-state index is 12.1. The Morgan fingerprint density at radius 1 is 0.567 bits per heavy atom. The Hall–Kier alpha value is -6.68. The van der Waals surface area contributed by atoms with Crippen molar-refractivity contribution in [1.82, 2.24) is 15.0 Å². The lowest BCUT2D eigenvalue weighted by molar-refractivity contribution is 0.317. The summed E-state index contributed by atoms with van der Waals surface area (Å²) in [6, 6.07) is 20.6. The van der Waals surface area contributed by atoms with Crippen LogP contribution in [0.1, 0.15) is 13.3 Å². The van der Waals surface area contributed by atoms with Crippen molar-refractivity contribution in [2.24, 2.45) is 20.5 Å². The van der Waals surface area contributed by atoms with Crippen molar-refractivity contribution in [3.63, 3.8) is 0 Å². The summed E-state index contributed by atoms with van der Waals surface area (Å²) in [4.78, 5) is 10.8. The van der Waals surface area contributed by atoms with Crippen LogP contribution >= 0.6 is 0 Å². The van der Waals surface area contributed by atoms with Gasteiger partial charge in [0.15, 0.2) is 5.37 Å². The Morgan fingerprint density at radius 3 is 1.66 bits per heavy atom. The molecule has 31 heteroatoms. The van der Waals surface area contributed by atoms with Gasteiger partial charge in [-0.05, 0) is 104 Å². The van der Waals surface area contributed by atoms with E-state index in [1.807, 2.05) is 0 Å². The van der Waals surface area contributed by atoms with Gasteiger partial charge in [-0.3, -0.25) is 22.8 Å². The highest BCUT2D eigenvalue weighted by molar-refractivity contribution is 7.87. The third-order valence-electron chi connectivity index (χ3n) is 8.70. The van der Waals surface area contributed by atoms with Crippen molar-refractivity contribution >= 4 is 113 Å². The molecule has 0 saturated carbocycles. The molecule has 0 saturated heterocycles. The average Bonchev–Trinajstić information content (AvgIpc) is 3.23. The second kappa shape index (κ2) is 19.7. The summed E-state index contributed by atoms with van der Waals surface area (Å²) in [5.41, 5.74) is 1.24. The van der Waals surface area contributed by atoms with E-state index in [1.54, 1.807) is 0 Å². The topological polar surface area (TPSA) is 405 Å². The molecule has 1 aromatic heterocycles. The highest BCUT2D eigenvalue weighted by Gasteiger charge is 2.22. The van der Waals surface area contributed by atoms with Crippen LogP contribution in [-0.4, -0.2) is 97.5 Å². The van der Waals surface area contributed by atoms with E-state index < -0.39 is 71.5 Å². The van der Waals surface area contributed by atoms with Gasteiger partial charge in [0.2, 0.25) is 17.8 Å². The number of hydrogen-bond donors (Lipinski definition) is 8. The maximum atomic E-state index is 12.1. The third kappa shape index (κ3) is 14.2. The van der Waals surface area contributed by atoms with Crippen LogP contribution in [0.25, 0.3) is 10.8 Å². The highest BCUT2D eigenvalue weighted by Crippen LogP contribution is 2.34. The van der Waals surface area contributed by atoms with Crippen molar-refractivity contribution in [3.8, 4) is 5.75 Å². The lowest BCUT2D eigenvalue weighted by atomic mass is 10.1. The molecule has 6 rings (SSSR count). The quantitative estimate of drug-likeness (QED) is 0.0247. The van der Waals surface area contributed by atoms with Gasteiger partial charge < -0.3 is 20.7 Å². The van der Waals surface area contributed by atoms with Gasteiger partial charge in [0.05, 0.1) is 50.6 Å². The normalized spacial score (nSPS) is 13.2. The molecule has 0 aliphatic rings. The Kier molecular flexibility index (Phi) is 14.6. The van der Waals surface area contributed by atoms with Crippen molar-refractivity contribution in [2.45, 2.75) is 33.4 Å². The predicted molar refractivity (Wildman–Crippen MR) is 239 cm³/mol. The van der Waals surface area contributed by atoms with Crippen LogP contribution in [0.5, 0.6) is 5.75 Å². The molecule has 1 heterocycles. The highest BCUT2D eigenvalue weighted by atomic mass is 32.2. The molecule has 0 aliphatic carbocycles. The molecule has 67 heavy (non-hydrogen) atoms. The molecule has 0 fully saturated rings. The number of azo groups is 2. The summed E-state index contributed by atoms with van der Waals surface area (Å²) in [6.45, 7) is 0.883. The molecule has 1 unspecified atom stereocenters. The number of aromatic nitrogens is 3. The van der Waals surface area contributed by atoms with Crippen molar-refractivity contribution < 1.29 is 69.6 Å². The number of anilines is 5. The number of nitrogens with zero attached hydrogens (tertiary/aromatic N) is 7. The standard InChI is InChI=1S/C36H34N10O16S5/c1-21(64(50,51)52)37-34-40-35(38-23-5-7-24(8-6-23)43-45-26-4-3-22-17-29(66(56,57)58)20-33(30(22)18-26)67(59,60)61)42-36(41-34)39-31-14-11-27(19-32(31)62-15-2-16-63(47,48)49)46-44-25-9-12-28(13-10-25)65(53,54)55/h3-14,17-21H,2,15-16H2,1H3,(H,47,48,49)(H,50,51,52)(H,53,54,55)(H,56,57,58)(H,59,60,61)(H3,37,38,39,40,41,42)/b45-43-,46-44-. The first-order valence-electron chi connectivity index (χ1n) is 18.5. The van der Waals surface area contributed by atoms with Crippen LogP contribution in [0.3, 0.4) is 0 Å². The molecule has 1 atom stereocenters. The van der Waals surface area contributed by atoms with Gasteiger partial charge in [-0.25, -0.2) is 0 Å². The Balaban J connectivity index is 1.26. The molecular formula is C36H34N10O16S5. The number of fused-ring (bicyclic) bond motifs is 1. The van der Waals surface area contributed by atoms with Gasteiger partial charge in [-0.2, -0.15) is 77.5 Å². The zero-order valence-electron chi connectivity index (χ0n) is 33.8. The molecule has 0 spiro atoms. The first kappa shape index (κ1) is 49.7. The van der Waals surface area contributed by atoms with Crippen molar-refractivity contribution in [3.05, 3.63) is 97.1 Å². The zero-order chi connectivity index (χ0) is 49.0. The van der Waals surface area contributed by atoms with Crippen LogP contribution in [-0.2, 0) is 50.6 Å². The van der Waals surface area contributed by atoms with Crippen LogP contribution in [0.4, 0.5) is 52.0 Å². The fourth-order valence-electron chi connectivity index (χ4n) is 5.51. The third-order valence-corrected chi connectivity index (χ3v) is 13.1. The van der Waals surface area contributed by atoms with Crippen LogP contribution in [0.15, 0.2) is 132 Å². The van der Waals surface area contributed by atoms with E-state index in [2.05, 4.69) is 51.4 Å². The molecule has 6 aromatic rings.